The molecule has 3 saturated heterocycles. The van der Waals surface area contributed by atoms with Crippen LogP contribution < -0.4 is 19.4 Å². The smallest absolute Gasteiger partial charge is 0.244 e. The van der Waals surface area contributed by atoms with Crippen LogP contribution in [-0.2, 0) is 40.4 Å². The number of methoxy groups -OCH3 is 1. The molecule has 25 heteroatoms. The van der Waals surface area contributed by atoms with Gasteiger partial charge in [-0.15, -0.1) is 0 Å². The highest BCUT2D eigenvalue weighted by Crippen LogP contribution is 2.31. The zero-order valence-corrected chi connectivity index (χ0v) is 57.2. The summed E-state index contributed by atoms with van der Waals surface area (Å²) in [5, 5.41) is 14.0. The SMILES string of the molecule is CCCc1cc(-c2ccc(F)c(C)n2)nn1CC(=O)N1CCN(c2cc(OC)ncn2)CC1.Cc1ccc(-c2cc(-c3ccccc3)n(CC(=O)N3CCN(c4ccccn4)CC3)n2)cc1F.Cc1ccc(-c2cc(-c3ccccc3)n(CC(=O)N3CCN(c4ncccn4)CC3)n2)cc1F. The summed E-state index contributed by atoms with van der Waals surface area (Å²) in [7, 11) is 1.57. The molecule has 3 fully saturated rings. The number of amides is 3. The van der Waals surface area contributed by atoms with Crippen LogP contribution in [0.3, 0.4) is 0 Å². The van der Waals surface area contributed by atoms with Gasteiger partial charge >= 0.3 is 0 Å². The molecule has 11 aromatic rings. The average molecular weight is 1370 g/mol. The number of hydrogen-bond donors (Lipinski definition) is 0. The van der Waals surface area contributed by atoms with Crippen LogP contribution in [0.4, 0.5) is 30.8 Å². The Bertz CT molecular complexity index is 4410. The number of aromatic nitrogens is 12. The number of nitrogens with zero attached hydrogens (tertiary/aromatic N) is 18. The second kappa shape index (κ2) is 32.4. The number of benzene rings is 4. The molecule has 0 N–H and O–H groups in total. The van der Waals surface area contributed by atoms with Crippen molar-refractivity contribution in [2.24, 2.45) is 0 Å². The van der Waals surface area contributed by atoms with E-state index in [4.69, 9.17) is 14.9 Å². The number of hydrogen-bond acceptors (Lipinski definition) is 16. The monoisotopic (exact) mass is 1360 g/mol. The molecule has 10 heterocycles. The van der Waals surface area contributed by atoms with Crippen molar-refractivity contribution in [2.45, 2.75) is 60.2 Å². The average Bonchev–Trinajstić information content (AvgIpc) is 1.67. The van der Waals surface area contributed by atoms with Gasteiger partial charge < -0.3 is 34.1 Å². The van der Waals surface area contributed by atoms with Crippen LogP contribution in [0.1, 0.15) is 35.9 Å². The van der Waals surface area contributed by atoms with Crippen molar-refractivity contribution in [3.05, 3.63) is 223 Å². The number of rotatable bonds is 17. The molecule has 4 aromatic carbocycles. The molecule has 0 saturated carbocycles. The van der Waals surface area contributed by atoms with E-state index in [0.29, 0.717) is 128 Å². The minimum Gasteiger partial charge on any atom is -0.481 e. The Kier molecular flexibility index (Phi) is 22.2. The van der Waals surface area contributed by atoms with Crippen LogP contribution in [0.25, 0.3) is 56.4 Å². The molecule has 0 aliphatic carbocycles. The van der Waals surface area contributed by atoms with Gasteiger partial charge in [0, 0.05) is 120 Å². The third-order valence-corrected chi connectivity index (χ3v) is 18.0. The third-order valence-electron chi connectivity index (χ3n) is 18.0. The molecule has 3 aliphatic rings. The van der Waals surface area contributed by atoms with Gasteiger partial charge in [-0.3, -0.25) is 28.4 Å². The van der Waals surface area contributed by atoms with Crippen LogP contribution in [0.5, 0.6) is 5.88 Å². The molecule has 3 amide bonds. The number of halogens is 3. The van der Waals surface area contributed by atoms with E-state index in [2.05, 4.69) is 56.6 Å². The molecule has 518 valence electrons. The van der Waals surface area contributed by atoms with E-state index in [0.717, 1.165) is 65.8 Å². The molecule has 101 heavy (non-hydrogen) atoms. The predicted octanol–water partition coefficient (Wildman–Crippen LogP) is 10.7. The summed E-state index contributed by atoms with van der Waals surface area (Å²) in [4.78, 5) is 77.1. The summed E-state index contributed by atoms with van der Waals surface area (Å²) in [6, 6.07) is 48.1. The van der Waals surface area contributed by atoms with Gasteiger partial charge in [-0.25, -0.2) is 43.1 Å². The second-order valence-electron chi connectivity index (χ2n) is 24.8. The van der Waals surface area contributed by atoms with Crippen molar-refractivity contribution in [3.63, 3.8) is 0 Å². The molecule has 3 aliphatic heterocycles. The summed E-state index contributed by atoms with van der Waals surface area (Å²) >= 11 is 0. The number of aryl methyl sites for hydroxylation is 4. The summed E-state index contributed by atoms with van der Waals surface area (Å²) < 4.78 is 52.4. The van der Waals surface area contributed by atoms with Crippen molar-refractivity contribution in [3.8, 4) is 62.3 Å². The maximum atomic E-state index is 14.2. The number of pyridine rings is 2. The fraction of sp³-hybridized carbons (Fsp3) is 0.289. The zero-order valence-electron chi connectivity index (χ0n) is 57.2. The Balaban J connectivity index is 0.000000143. The molecule has 0 spiro atoms. The normalized spacial score (nSPS) is 13.9. The molecular formula is C76H79F3N18O4. The molecule has 0 unspecified atom stereocenters. The van der Waals surface area contributed by atoms with Crippen LogP contribution in [0, 0.1) is 38.2 Å². The number of piperazine rings is 3. The van der Waals surface area contributed by atoms with E-state index in [1.165, 1.54) is 24.5 Å². The first-order chi connectivity index (χ1) is 49.1. The van der Waals surface area contributed by atoms with Gasteiger partial charge in [0.2, 0.25) is 29.5 Å². The quantitative estimate of drug-likeness (QED) is 0.0830. The number of anilines is 3. The van der Waals surface area contributed by atoms with E-state index >= 15 is 0 Å². The molecule has 0 radical (unpaired) electrons. The summed E-state index contributed by atoms with van der Waals surface area (Å²) in [5.74, 6) is 2.07. The lowest BCUT2D eigenvalue weighted by molar-refractivity contribution is -0.133. The minimum atomic E-state index is -0.346. The van der Waals surface area contributed by atoms with Crippen molar-refractivity contribution < 1.29 is 32.3 Å². The van der Waals surface area contributed by atoms with Crippen molar-refractivity contribution >= 4 is 35.3 Å². The van der Waals surface area contributed by atoms with Crippen molar-refractivity contribution in [1.29, 1.82) is 0 Å². The molecule has 14 rings (SSSR count). The van der Waals surface area contributed by atoms with E-state index in [1.54, 1.807) is 90.8 Å². The first kappa shape index (κ1) is 69.3. The fourth-order valence-corrected chi connectivity index (χ4v) is 12.2. The van der Waals surface area contributed by atoms with Gasteiger partial charge in [0.1, 0.15) is 60.7 Å². The first-order valence-corrected chi connectivity index (χ1v) is 33.8. The highest BCUT2D eigenvalue weighted by molar-refractivity contribution is 5.80. The van der Waals surface area contributed by atoms with Crippen LogP contribution in [0.2, 0.25) is 0 Å². The van der Waals surface area contributed by atoms with E-state index in [1.807, 2.05) is 124 Å². The maximum Gasteiger partial charge on any atom is 0.244 e. The Morgan fingerprint density at radius 1 is 0.426 bits per heavy atom. The van der Waals surface area contributed by atoms with Gasteiger partial charge in [0.25, 0.3) is 0 Å². The van der Waals surface area contributed by atoms with Gasteiger partial charge in [0.15, 0.2) is 0 Å². The van der Waals surface area contributed by atoms with Gasteiger partial charge in [0.05, 0.1) is 41.3 Å². The summed E-state index contributed by atoms with van der Waals surface area (Å²) in [5.41, 5.74) is 9.94. The molecular weight excluding hydrogens is 1290 g/mol. The second-order valence-corrected chi connectivity index (χ2v) is 24.8. The standard InChI is InChI=1S/C27H26FN5O.C26H25FN6O.C23H28FN7O2/c1-20-10-11-22(17-23(20)28)24-18-25(21-7-3-2-4-8-21)33(30-24)19-27(34)32-15-13-31(14-16-32)26-9-5-6-12-29-26;1-19-8-9-21(16-22(19)27)23-17-24(20-6-3-2-4-7-20)33(30-23)18-25(34)31-12-14-32(15-13-31)26-28-10-5-11-29-26;1-4-5-17-12-20(19-7-6-18(24)16(2)27-19)28-31(17)14-23(32)30-10-8-29(9-11-30)21-13-22(33-3)26-15-25-21/h2-12,17-18H,13-16,19H2,1H3;2-11,16-17H,12-15,18H2,1H3;6-7,12-13,15H,4-5,8-11,14H2,1-3H3. The maximum absolute atomic E-state index is 14.2. The topological polar surface area (TPSA) is 211 Å². The predicted molar refractivity (Wildman–Crippen MR) is 381 cm³/mol. The number of ether oxygens (including phenoxy) is 1. The lowest BCUT2D eigenvalue weighted by atomic mass is 10.1. The zero-order chi connectivity index (χ0) is 70.4. The third kappa shape index (κ3) is 17.1. The number of carbonyl (C=O) groups excluding carboxylic acids is 3. The van der Waals surface area contributed by atoms with Crippen LogP contribution in [-0.4, -0.2) is 177 Å². The lowest BCUT2D eigenvalue weighted by Crippen LogP contribution is -2.50. The highest BCUT2D eigenvalue weighted by Gasteiger charge is 2.28. The van der Waals surface area contributed by atoms with Crippen LogP contribution >= 0.6 is 0 Å². The number of carbonyl (C=O) groups is 3. The minimum absolute atomic E-state index is 0.00412. The van der Waals surface area contributed by atoms with Gasteiger partial charge in [-0.1, -0.05) is 104 Å². The largest absolute Gasteiger partial charge is 0.481 e. The van der Waals surface area contributed by atoms with E-state index < -0.39 is 0 Å². The van der Waals surface area contributed by atoms with Gasteiger partial charge in [-0.2, -0.15) is 15.3 Å². The molecule has 0 atom stereocenters. The Labute approximate surface area is 584 Å². The molecule has 7 aromatic heterocycles. The van der Waals surface area contributed by atoms with Crippen LogP contribution in [0.15, 0.2) is 183 Å². The van der Waals surface area contributed by atoms with Gasteiger partial charge in [-0.05, 0) is 110 Å². The molecule has 0 bridgehead atoms. The summed E-state index contributed by atoms with van der Waals surface area (Å²) in [6.07, 6.45) is 8.43. The molecule has 22 nitrogen and oxygen atoms in total. The van der Waals surface area contributed by atoms with Crippen molar-refractivity contribution in [1.82, 2.24) is 73.9 Å². The van der Waals surface area contributed by atoms with E-state index in [9.17, 15) is 27.6 Å². The highest BCUT2D eigenvalue weighted by atomic mass is 19.1. The fourth-order valence-electron chi connectivity index (χ4n) is 12.2. The lowest BCUT2D eigenvalue weighted by Gasteiger charge is -2.35. The van der Waals surface area contributed by atoms with Crippen molar-refractivity contribution in [2.75, 3.05) is 100 Å². The van der Waals surface area contributed by atoms with E-state index in [-0.39, 0.29) is 54.8 Å². The Hall–Kier alpha value is -11.6. The Morgan fingerprint density at radius 2 is 0.911 bits per heavy atom. The summed E-state index contributed by atoms with van der Waals surface area (Å²) in [6.45, 7) is 15.4. The first-order valence-electron chi connectivity index (χ1n) is 33.8. The Morgan fingerprint density at radius 3 is 1.40 bits per heavy atom.